The first kappa shape index (κ1) is 21.2. The van der Waals surface area contributed by atoms with Crippen molar-refractivity contribution in [2.75, 3.05) is 26.2 Å². The number of carbonyl (C=O) groups excluding carboxylic acids is 1. The summed E-state index contributed by atoms with van der Waals surface area (Å²) in [6.07, 6.45) is 6.64. The summed E-state index contributed by atoms with van der Waals surface area (Å²) >= 11 is 0. The lowest BCUT2D eigenvalue weighted by molar-refractivity contribution is -0.136. The Bertz CT molecular complexity index is 987. The van der Waals surface area contributed by atoms with Crippen molar-refractivity contribution in [3.63, 3.8) is 0 Å². The molecule has 2 aromatic rings. The highest BCUT2D eigenvalue weighted by molar-refractivity contribution is 7.89. The second-order valence-corrected chi connectivity index (χ2v) is 10.3. The Hall–Kier alpha value is -2.00. The lowest BCUT2D eigenvalue weighted by Crippen LogP contribution is -2.44. The topological polar surface area (TPSA) is 88.4 Å². The minimum Gasteiger partial charge on any atom is -0.342 e. The van der Waals surface area contributed by atoms with Crippen molar-refractivity contribution in [2.24, 2.45) is 5.92 Å². The van der Waals surface area contributed by atoms with Crippen LogP contribution >= 0.6 is 0 Å². The minimum absolute atomic E-state index is 0.0639. The fraction of sp³-hybridized carbons (Fsp3) is 0.667. The Morgan fingerprint density at radius 1 is 1.07 bits per heavy atom. The molecule has 0 unspecified atom stereocenters. The number of benzene rings is 1. The molecule has 0 saturated carbocycles. The van der Waals surface area contributed by atoms with Crippen LogP contribution in [0, 0.1) is 5.92 Å². The first-order valence-corrected chi connectivity index (χ1v) is 12.6. The fourth-order valence-electron chi connectivity index (χ4n) is 4.53. The Labute approximate surface area is 178 Å². The number of amides is 1. The van der Waals surface area contributed by atoms with E-state index < -0.39 is 10.0 Å². The van der Waals surface area contributed by atoms with Gasteiger partial charge in [0.15, 0.2) is 0 Å². The van der Waals surface area contributed by atoms with Gasteiger partial charge in [-0.3, -0.25) is 4.79 Å². The van der Waals surface area contributed by atoms with Crippen molar-refractivity contribution in [3.05, 3.63) is 18.2 Å². The summed E-state index contributed by atoms with van der Waals surface area (Å²) in [7, 11) is -3.60. The van der Waals surface area contributed by atoms with Crippen LogP contribution in [-0.4, -0.2) is 64.7 Å². The number of rotatable bonds is 5. The molecule has 0 N–H and O–H groups in total. The highest BCUT2D eigenvalue weighted by Gasteiger charge is 2.34. The summed E-state index contributed by atoms with van der Waals surface area (Å²) in [6.45, 7) is 5.27. The summed E-state index contributed by atoms with van der Waals surface area (Å²) in [4.78, 5) is 15.1. The van der Waals surface area contributed by atoms with Gasteiger partial charge in [0, 0.05) is 38.6 Å². The molecule has 9 heteroatoms. The number of fused-ring (bicyclic) bond motifs is 1. The van der Waals surface area contributed by atoms with E-state index in [0.29, 0.717) is 31.4 Å². The van der Waals surface area contributed by atoms with Crippen LogP contribution in [0.2, 0.25) is 0 Å². The molecule has 0 spiro atoms. The van der Waals surface area contributed by atoms with E-state index in [4.69, 9.17) is 0 Å². The third-order valence-corrected chi connectivity index (χ3v) is 8.17. The van der Waals surface area contributed by atoms with Gasteiger partial charge >= 0.3 is 0 Å². The van der Waals surface area contributed by atoms with Crippen LogP contribution in [0.5, 0.6) is 0 Å². The molecule has 30 heavy (non-hydrogen) atoms. The first-order chi connectivity index (χ1) is 14.5. The Morgan fingerprint density at radius 3 is 2.43 bits per heavy atom. The number of likely N-dealkylation sites (tertiary alicyclic amines) is 1. The molecule has 3 heterocycles. The van der Waals surface area contributed by atoms with E-state index in [1.54, 1.807) is 22.9 Å². The second kappa shape index (κ2) is 9.01. The van der Waals surface area contributed by atoms with Gasteiger partial charge in [-0.2, -0.15) is 4.31 Å². The van der Waals surface area contributed by atoms with Crippen LogP contribution in [0.4, 0.5) is 0 Å². The number of hydrogen-bond acceptors (Lipinski definition) is 5. The molecule has 2 saturated heterocycles. The zero-order valence-electron chi connectivity index (χ0n) is 17.7. The van der Waals surface area contributed by atoms with Crippen molar-refractivity contribution in [1.29, 1.82) is 0 Å². The van der Waals surface area contributed by atoms with E-state index in [-0.39, 0.29) is 16.7 Å². The summed E-state index contributed by atoms with van der Waals surface area (Å²) < 4.78 is 29.6. The summed E-state index contributed by atoms with van der Waals surface area (Å²) in [5.41, 5.74) is 1.44. The highest BCUT2D eigenvalue weighted by Crippen LogP contribution is 2.27. The molecule has 164 valence electrons. The molecule has 2 fully saturated rings. The average molecular weight is 434 g/mol. The molecular weight excluding hydrogens is 402 g/mol. The molecule has 1 aromatic carbocycles. The Morgan fingerprint density at radius 2 is 1.77 bits per heavy atom. The zero-order chi connectivity index (χ0) is 21.1. The maximum atomic E-state index is 13.2. The van der Waals surface area contributed by atoms with E-state index in [9.17, 15) is 13.2 Å². The van der Waals surface area contributed by atoms with Gasteiger partial charge in [0.25, 0.3) is 0 Å². The number of nitrogens with zero attached hydrogens (tertiary/aromatic N) is 5. The van der Waals surface area contributed by atoms with Crippen LogP contribution in [0.25, 0.3) is 11.0 Å². The van der Waals surface area contributed by atoms with E-state index in [0.717, 1.165) is 44.4 Å². The highest BCUT2D eigenvalue weighted by atomic mass is 32.2. The number of hydrogen-bond donors (Lipinski definition) is 0. The molecule has 2 aliphatic rings. The van der Waals surface area contributed by atoms with E-state index in [2.05, 4.69) is 17.2 Å². The average Bonchev–Trinajstić information content (AvgIpc) is 2.97. The van der Waals surface area contributed by atoms with Crippen LogP contribution in [-0.2, 0) is 21.4 Å². The number of aromatic nitrogens is 3. The molecule has 1 amide bonds. The summed E-state index contributed by atoms with van der Waals surface area (Å²) in [5.74, 6) is 0.147. The Balaban J connectivity index is 1.43. The number of sulfonamides is 1. The lowest BCUT2D eigenvalue weighted by atomic mass is 9.96. The molecule has 8 nitrogen and oxygen atoms in total. The largest absolute Gasteiger partial charge is 0.342 e. The predicted molar refractivity (Wildman–Crippen MR) is 114 cm³/mol. The molecule has 0 radical (unpaired) electrons. The smallest absolute Gasteiger partial charge is 0.243 e. The van der Waals surface area contributed by atoms with Crippen molar-refractivity contribution in [1.82, 2.24) is 24.2 Å². The van der Waals surface area contributed by atoms with Crippen LogP contribution in [0.1, 0.15) is 51.9 Å². The van der Waals surface area contributed by atoms with Crippen LogP contribution < -0.4 is 0 Å². The van der Waals surface area contributed by atoms with Gasteiger partial charge in [-0.05, 0) is 50.3 Å². The summed E-state index contributed by atoms with van der Waals surface area (Å²) in [5, 5.41) is 8.25. The van der Waals surface area contributed by atoms with Gasteiger partial charge in [-0.1, -0.05) is 25.0 Å². The van der Waals surface area contributed by atoms with Gasteiger partial charge in [-0.25, -0.2) is 13.1 Å². The standard InChI is InChI=1S/C21H31N5O3S/c1-2-11-26-20-8-7-18(16-19(20)22-23-26)30(28,29)25-14-9-17(10-15-25)21(27)24-12-5-3-4-6-13-24/h7-8,16-17H,2-6,9-15H2,1H3. The van der Waals surface area contributed by atoms with Crippen LogP contribution in [0.15, 0.2) is 23.1 Å². The SMILES string of the molecule is CCCn1nnc2cc(S(=O)(=O)N3CCC(C(=O)N4CCCCCC4)CC3)ccc21. The monoisotopic (exact) mass is 433 g/mol. The molecule has 1 aromatic heterocycles. The van der Waals surface area contributed by atoms with Gasteiger partial charge in [-0.15, -0.1) is 5.10 Å². The molecule has 0 aliphatic carbocycles. The predicted octanol–water partition coefficient (Wildman–Crippen LogP) is 2.64. The number of aryl methyl sites for hydroxylation is 1. The number of carbonyl (C=O) groups is 1. The first-order valence-electron chi connectivity index (χ1n) is 11.1. The molecule has 0 atom stereocenters. The van der Waals surface area contributed by atoms with Gasteiger partial charge in [0.05, 0.1) is 10.4 Å². The third kappa shape index (κ3) is 4.23. The van der Waals surface area contributed by atoms with Crippen LogP contribution in [0.3, 0.4) is 0 Å². The second-order valence-electron chi connectivity index (χ2n) is 8.38. The number of piperidine rings is 1. The molecule has 0 bridgehead atoms. The Kier molecular flexibility index (Phi) is 6.38. The maximum Gasteiger partial charge on any atom is 0.243 e. The maximum absolute atomic E-state index is 13.2. The lowest BCUT2D eigenvalue weighted by Gasteiger charge is -2.33. The van der Waals surface area contributed by atoms with Gasteiger partial charge in [0.2, 0.25) is 15.9 Å². The molecular formula is C21H31N5O3S. The quantitative estimate of drug-likeness (QED) is 0.723. The van der Waals surface area contributed by atoms with Gasteiger partial charge < -0.3 is 4.90 Å². The van der Waals surface area contributed by atoms with E-state index in [1.165, 1.54) is 17.1 Å². The van der Waals surface area contributed by atoms with Crippen molar-refractivity contribution in [2.45, 2.75) is 63.3 Å². The third-order valence-electron chi connectivity index (χ3n) is 6.28. The van der Waals surface area contributed by atoms with Crippen molar-refractivity contribution >= 4 is 27.0 Å². The molecule has 2 aliphatic heterocycles. The van der Waals surface area contributed by atoms with Gasteiger partial charge in [0.1, 0.15) is 5.52 Å². The van der Waals surface area contributed by atoms with E-state index >= 15 is 0 Å². The fourth-order valence-corrected chi connectivity index (χ4v) is 6.02. The minimum atomic E-state index is -3.60. The molecule has 4 rings (SSSR count). The normalized spacial score (nSPS) is 19.8. The van der Waals surface area contributed by atoms with E-state index in [1.807, 2.05) is 4.90 Å². The van der Waals surface area contributed by atoms with Crippen molar-refractivity contribution < 1.29 is 13.2 Å². The summed E-state index contributed by atoms with van der Waals surface area (Å²) in [6, 6.07) is 5.04. The van der Waals surface area contributed by atoms with Crippen molar-refractivity contribution in [3.8, 4) is 0 Å². The zero-order valence-corrected chi connectivity index (χ0v) is 18.5.